The number of carbonyl (C=O) groups excluding carboxylic acids is 1. The Morgan fingerprint density at radius 3 is 2.46 bits per heavy atom. The van der Waals surface area contributed by atoms with Gasteiger partial charge in [0, 0.05) is 23.5 Å². The van der Waals surface area contributed by atoms with Crippen molar-refractivity contribution in [3.63, 3.8) is 0 Å². The fourth-order valence-electron chi connectivity index (χ4n) is 3.95. The van der Waals surface area contributed by atoms with Gasteiger partial charge in [-0.2, -0.15) is 5.10 Å². The van der Waals surface area contributed by atoms with Crippen molar-refractivity contribution < 1.29 is 9.21 Å². The molecule has 1 atom stereocenters. The summed E-state index contributed by atoms with van der Waals surface area (Å²) in [4.78, 5) is 17.8. The average Bonchev–Trinajstić information content (AvgIpc) is 3.58. The van der Waals surface area contributed by atoms with Crippen LogP contribution in [0.4, 0.5) is 11.7 Å². The maximum Gasteiger partial charge on any atom is 0.317 e. The highest BCUT2D eigenvalue weighted by Gasteiger charge is 2.27. The van der Waals surface area contributed by atoms with Crippen LogP contribution in [0.2, 0.25) is 0 Å². The van der Waals surface area contributed by atoms with Gasteiger partial charge < -0.3 is 15.1 Å². The van der Waals surface area contributed by atoms with Crippen molar-refractivity contribution in [3.05, 3.63) is 108 Å². The van der Waals surface area contributed by atoms with Crippen LogP contribution in [0.15, 0.2) is 107 Å². The summed E-state index contributed by atoms with van der Waals surface area (Å²) in [5, 5.41) is 18.5. The Bertz CT molecular complexity index is 1520. The number of amides is 1. The molecule has 2 N–H and O–H groups in total. The topological polar surface area (TPSA) is 110 Å². The third-order valence-electron chi connectivity index (χ3n) is 5.56. The van der Waals surface area contributed by atoms with Crippen LogP contribution in [-0.2, 0) is 4.79 Å². The van der Waals surface area contributed by atoms with E-state index in [2.05, 4.69) is 25.9 Å². The van der Waals surface area contributed by atoms with Crippen LogP contribution >= 0.6 is 0 Å². The molecule has 9 heteroatoms. The van der Waals surface area contributed by atoms with Gasteiger partial charge in [-0.05, 0) is 24.3 Å². The first-order valence-electron chi connectivity index (χ1n) is 11.0. The number of para-hydroxylation sites is 2. The Labute approximate surface area is 200 Å². The van der Waals surface area contributed by atoms with Crippen LogP contribution in [0.5, 0.6) is 0 Å². The molecule has 3 aromatic carbocycles. The number of nitrogens with zero attached hydrogens (tertiary/aromatic N) is 5. The molecule has 0 saturated carbocycles. The summed E-state index contributed by atoms with van der Waals surface area (Å²) in [6.07, 6.45) is 2.55. The zero-order chi connectivity index (χ0) is 23.6. The number of carbonyl (C=O) groups is 1. The van der Waals surface area contributed by atoms with E-state index in [1.807, 2.05) is 91.1 Å². The zero-order valence-corrected chi connectivity index (χ0v) is 18.4. The average molecular weight is 461 g/mol. The highest BCUT2D eigenvalue weighted by atomic mass is 16.4. The standard InChI is InChI=1S/C26H19N7O2/c34-24-23(29-22(17-9-2-1-3-10-17)18-11-4-6-13-20(18)28-24)30-26-32-31-25(35-26)19-12-5-7-14-21(19)33-16-8-15-27-33/h1-16,23H,(H,28,34)(H,30,32)/t23-/m1/s1. The number of anilines is 2. The van der Waals surface area contributed by atoms with E-state index >= 15 is 0 Å². The molecule has 0 bridgehead atoms. The number of aliphatic imine (C=N–C) groups is 1. The van der Waals surface area contributed by atoms with Gasteiger partial charge in [0.2, 0.25) is 6.17 Å². The lowest BCUT2D eigenvalue weighted by Gasteiger charge is -2.11. The first-order chi connectivity index (χ1) is 17.3. The van der Waals surface area contributed by atoms with Crippen molar-refractivity contribution in [2.45, 2.75) is 6.17 Å². The maximum atomic E-state index is 13.1. The van der Waals surface area contributed by atoms with E-state index in [1.54, 1.807) is 10.9 Å². The fourth-order valence-corrected chi connectivity index (χ4v) is 3.95. The largest absolute Gasteiger partial charge is 0.403 e. The SMILES string of the molecule is O=C1Nc2ccccc2C(c2ccccc2)=N[C@@H]1Nc1nnc(-c2ccccc2-n2cccn2)o1. The third kappa shape index (κ3) is 3.95. The van der Waals surface area contributed by atoms with Gasteiger partial charge in [0.15, 0.2) is 0 Å². The summed E-state index contributed by atoms with van der Waals surface area (Å²) >= 11 is 0. The molecule has 9 nitrogen and oxygen atoms in total. The Balaban J connectivity index is 1.35. The molecule has 1 amide bonds. The molecular weight excluding hydrogens is 442 g/mol. The minimum Gasteiger partial charge on any atom is -0.403 e. The number of rotatable bonds is 5. The van der Waals surface area contributed by atoms with E-state index in [-0.39, 0.29) is 11.9 Å². The van der Waals surface area contributed by atoms with Gasteiger partial charge in [0.1, 0.15) is 0 Å². The van der Waals surface area contributed by atoms with E-state index in [9.17, 15) is 4.79 Å². The van der Waals surface area contributed by atoms with Crippen LogP contribution in [0.1, 0.15) is 11.1 Å². The fraction of sp³-hybridized carbons (Fsp3) is 0.0385. The van der Waals surface area contributed by atoms with Crippen LogP contribution in [0.25, 0.3) is 17.1 Å². The highest BCUT2D eigenvalue weighted by Crippen LogP contribution is 2.28. The molecule has 0 fully saturated rings. The van der Waals surface area contributed by atoms with Crippen LogP contribution < -0.4 is 10.6 Å². The van der Waals surface area contributed by atoms with Gasteiger partial charge in [0.05, 0.1) is 22.6 Å². The number of hydrogen-bond donors (Lipinski definition) is 2. The summed E-state index contributed by atoms with van der Waals surface area (Å²) in [6, 6.07) is 26.8. The molecule has 0 radical (unpaired) electrons. The summed E-state index contributed by atoms with van der Waals surface area (Å²) in [6.45, 7) is 0. The van der Waals surface area contributed by atoms with Crippen molar-refractivity contribution in [2.24, 2.45) is 4.99 Å². The molecule has 3 heterocycles. The number of hydrogen-bond acceptors (Lipinski definition) is 7. The maximum absolute atomic E-state index is 13.1. The first-order valence-corrected chi connectivity index (χ1v) is 11.0. The molecule has 1 aliphatic heterocycles. The number of aromatic nitrogens is 4. The predicted molar refractivity (Wildman–Crippen MR) is 131 cm³/mol. The molecule has 6 rings (SSSR count). The molecule has 0 saturated heterocycles. The van der Waals surface area contributed by atoms with Gasteiger partial charge >= 0.3 is 6.01 Å². The van der Waals surface area contributed by atoms with Crippen LogP contribution in [-0.4, -0.2) is 37.8 Å². The summed E-state index contributed by atoms with van der Waals surface area (Å²) in [7, 11) is 0. The number of nitrogens with one attached hydrogen (secondary N) is 2. The second-order valence-electron chi connectivity index (χ2n) is 7.81. The number of benzene rings is 3. The Hall–Kier alpha value is -5.05. The number of fused-ring (bicyclic) bond motifs is 1. The molecule has 0 unspecified atom stereocenters. The van der Waals surface area contributed by atoms with E-state index in [1.165, 1.54) is 0 Å². The monoisotopic (exact) mass is 461 g/mol. The van der Waals surface area contributed by atoms with Crippen LogP contribution in [0, 0.1) is 0 Å². The lowest BCUT2D eigenvalue weighted by molar-refractivity contribution is -0.116. The minimum atomic E-state index is -0.979. The Kier molecular flexibility index (Phi) is 5.12. The molecule has 1 aliphatic rings. The van der Waals surface area contributed by atoms with E-state index in [0.717, 1.165) is 16.8 Å². The lowest BCUT2D eigenvalue weighted by Crippen LogP contribution is -2.32. The van der Waals surface area contributed by atoms with Crippen molar-refractivity contribution in [1.29, 1.82) is 0 Å². The van der Waals surface area contributed by atoms with Gasteiger partial charge in [-0.3, -0.25) is 4.79 Å². The van der Waals surface area contributed by atoms with Crippen LogP contribution in [0.3, 0.4) is 0 Å². The molecule has 2 aromatic heterocycles. The molecule has 170 valence electrons. The van der Waals surface area contributed by atoms with Crippen molar-refractivity contribution >= 4 is 23.3 Å². The molecule has 35 heavy (non-hydrogen) atoms. The summed E-state index contributed by atoms with van der Waals surface area (Å²) < 4.78 is 7.62. The normalized spacial score (nSPS) is 15.0. The van der Waals surface area contributed by atoms with Crippen molar-refractivity contribution in [3.8, 4) is 17.1 Å². The molecule has 0 spiro atoms. The smallest absolute Gasteiger partial charge is 0.317 e. The molecular formula is C26H19N7O2. The zero-order valence-electron chi connectivity index (χ0n) is 18.4. The quantitative estimate of drug-likeness (QED) is 0.407. The van der Waals surface area contributed by atoms with Gasteiger partial charge in [0.25, 0.3) is 11.8 Å². The minimum absolute atomic E-state index is 0.0811. The second kappa shape index (κ2) is 8.71. The van der Waals surface area contributed by atoms with E-state index in [4.69, 9.17) is 9.41 Å². The predicted octanol–water partition coefficient (Wildman–Crippen LogP) is 4.15. The van der Waals surface area contributed by atoms with Gasteiger partial charge in [-0.1, -0.05) is 65.8 Å². The first kappa shape index (κ1) is 20.5. The summed E-state index contributed by atoms with van der Waals surface area (Å²) in [5.74, 6) is -0.0387. The van der Waals surface area contributed by atoms with Gasteiger partial charge in [-0.15, -0.1) is 5.10 Å². The molecule has 5 aromatic rings. The molecule has 0 aliphatic carbocycles. The van der Waals surface area contributed by atoms with E-state index in [0.29, 0.717) is 22.9 Å². The van der Waals surface area contributed by atoms with Crippen molar-refractivity contribution in [1.82, 2.24) is 20.0 Å². The Morgan fingerprint density at radius 1 is 0.857 bits per heavy atom. The number of benzodiazepines with no additional fused rings is 1. The lowest BCUT2D eigenvalue weighted by atomic mass is 10.0. The summed E-state index contributed by atoms with van der Waals surface area (Å²) in [5.41, 5.74) is 4.59. The van der Waals surface area contributed by atoms with Gasteiger partial charge in [-0.25, -0.2) is 9.67 Å². The van der Waals surface area contributed by atoms with E-state index < -0.39 is 6.17 Å². The highest BCUT2D eigenvalue weighted by molar-refractivity contribution is 6.19. The third-order valence-corrected chi connectivity index (χ3v) is 5.56. The Morgan fingerprint density at radius 2 is 1.63 bits per heavy atom. The second-order valence-corrected chi connectivity index (χ2v) is 7.81. The van der Waals surface area contributed by atoms with Crippen molar-refractivity contribution in [2.75, 3.05) is 10.6 Å².